The number of alkyl halides is 2. The molecule has 2 heterocycles. The lowest BCUT2D eigenvalue weighted by atomic mass is 9.97. The summed E-state index contributed by atoms with van der Waals surface area (Å²) in [4.78, 5) is 46.8. The van der Waals surface area contributed by atoms with Crippen LogP contribution < -0.4 is 0 Å². The van der Waals surface area contributed by atoms with Crippen LogP contribution in [0.3, 0.4) is 0 Å². The quantitative estimate of drug-likeness (QED) is 0.282. The maximum atomic E-state index is 16.1. The summed E-state index contributed by atoms with van der Waals surface area (Å²) in [5.74, 6) is -3.29. The number of carbonyl (C=O) groups excluding carboxylic acids is 4. The molecule has 3 rings (SSSR count). The fourth-order valence-corrected chi connectivity index (χ4v) is 4.47. The minimum Gasteiger partial charge on any atom is -0.463 e. The lowest BCUT2D eigenvalue weighted by molar-refractivity contribution is -0.347. The van der Waals surface area contributed by atoms with E-state index in [-0.39, 0.29) is 6.61 Å². The van der Waals surface area contributed by atoms with E-state index in [1.165, 1.54) is 0 Å². The van der Waals surface area contributed by atoms with Crippen LogP contribution >= 0.6 is 0 Å². The van der Waals surface area contributed by atoms with Crippen LogP contribution in [0.4, 0.5) is 8.78 Å². The molecule has 0 saturated carbocycles. The summed E-state index contributed by atoms with van der Waals surface area (Å²) >= 11 is 0. The standard InChI is InChI=1S/C27H34F2O13/c1-13(30)35-11-18-22(37-10-17-8-6-5-7-9-17)25(39-16(4)33)21(29)27(41-18)42-23-19(12-36-14(2)31)40-26(34)20(28)24(23)38-15(3)32/h5-9,18-27,34H,10-12H2,1-4H3/t18-,19-,20-,21-,22-,23-,24-,25-,26?,27-/m1/s1. The summed E-state index contributed by atoms with van der Waals surface area (Å²) in [5, 5.41) is 10.1. The second-order valence-electron chi connectivity index (χ2n) is 9.61. The molecule has 0 bridgehead atoms. The zero-order chi connectivity index (χ0) is 31.0. The van der Waals surface area contributed by atoms with Crippen molar-refractivity contribution < 1.29 is 71.0 Å². The highest BCUT2D eigenvalue weighted by molar-refractivity contribution is 5.67. The van der Waals surface area contributed by atoms with Crippen molar-refractivity contribution in [2.24, 2.45) is 0 Å². The van der Waals surface area contributed by atoms with Gasteiger partial charge in [0.25, 0.3) is 0 Å². The highest BCUT2D eigenvalue weighted by Crippen LogP contribution is 2.34. The number of ether oxygens (including phenoxy) is 8. The number of hydrogen-bond acceptors (Lipinski definition) is 13. The first kappa shape index (κ1) is 33.3. The van der Waals surface area contributed by atoms with Crippen LogP contribution in [-0.4, -0.2) is 104 Å². The van der Waals surface area contributed by atoms with Gasteiger partial charge < -0.3 is 43.0 Å². The van der Waals surface area contributed by atoms with E-state index in [4.69, 9.17) is 37.9 Å². The zero-order valence-corrected chi connectivity index (χ0v) is 23.4. The van der Waals surface area contributed by atoms with Gasteiger partial charge in [0.15, 0.2) is 37.1 Å². The molecule has 15 heteroatoms. The molecule has 0 spiro atoms. The van der Waals surface area contributed by atoms with Crippen molar-refractivity contribution in [3.05, 3.63) is 35.9 Å². The van der Waals surface area contributed by atoms with Crippen molar-refractivity contribution in [1.29, 1.82) is 0 Å². The topological polar surface area (TPSA) is 162 Å². The van der Waals surface area contributed by atoms with E-state index in [1.807, 2.05) is 0 Å². The third-order valence-electron chi connectivity index (χ3n) is 6.25. The third kappa shape index (κ3) is 9.13. The Hall–Kier alpha value is -3.24. The van der Waals surface area contributed by atoms with Gasteiger partial charge in [0.2, 0.25) is 0 Å². The molecule has 13 nitrogen and oxygen atoms in total. The molecule has 2 aliphatic rings. The molecule has 0 amide bonds. The minimum atomic E-state index is -2.35. The monoisotopic (exact) mass is 604 g/mol. The molecule has 2 fully saturated rings. The predicted octanol–water partition coefficient (Wildman–Crippen LogP) is 1.06. The number of esters is 4. The summed E-state index contributed by atoms with van der Waals surface area (Å²) in [6.07, 6.45) is -17.9. The fraction of sp³-hybridized carbons (Fsp3) is 0.630. The molecular weight excluding hydrogens is 570 g/mol. The number of benzene rings is 1. The summed E-state index contributed by atoms with van der Waals surface area (Å²) in [7, 11) is 0. The van der Waals surface area contributed by atoms with E-state index in [0.717, 1.165) is 27.7 Å². The average molecular weight is 605 g/mol. The largest absolute Gasteiger partial charge is 0.463 e. The van der Waals surface area contributed by atoms with Gasteiger partial charge in [-0.05, 0) is 5.56 Å². The molecule has 234 valence electrons. The number of aliphatic hydroxyl groups is 1. The van der Waals surface area contributed by atoms with Crippen molar-refractivity contribution in [3.8, 4) is 0 Å². The van der Waals surface area contributed by atoms with Gasteiger partial charge in [-0.3, -0.25) is 19.2 Å². The summed E-state index contributed by atoms with van der Waals surface area (Å²) in [6.45, 7) is 3.10. The van der Waals surface area contributed by atoms with Crippen LogP contribution in [0, 0.1) is 0 Å². The normalized spacial score (nSPS) is 32.8. The predicted molar refractivity (Wildman–Crippen MR) is 134 cm³/mol. The van der Waals surface area contributed by atoms with Crippen molar-refractivity contribution in [3.63, 3.8) is 0 Å². The van der Waals surface area contributed by atoms with Gasteiger partial charge in [0, 0.05) is 27.7 Å². The Bertz CT molecular complexity index is 1070. The van der Waals surface area contributed by atoms with Gasteiger partial charge in [-0.2, -0.15) is 0 Å². The van der Waals surface area contributed by atoms with Gasteiger partial charge in [-0.15, -0.1) is 0 Å². The molecule has 1 N–H and O–H groups in total. The highest BCUT2D eigenvalue weighted by Gasteiger charge is 2.55. The second kappa shape index (κ2) is 15.3. The van der Waals surface area contributed by atoms with Crippen LogP contribution in [0.15, 0.2) is 30.3 Å². The molecule has 2 saturated heterocycles. The molecule has 0 radical (unpaired) electrons. The van der Waals surface area contributed by atoms with Crippen molar-refractivity contribution in [2.75, 3.05) is 13.2 Å². The van der Waals surface area contributed by atoms with Crippen molar-refractivity contribution in [1.82, 2.24) is 0 Å². The molecule has 10 atom stereocenters. The maximum absolute atomic E-state index is 16.1. The van der Waals surface area contributed by atoms with E-state index in [0.29, 0.717) is 5.56 Å². The van der Waals surface area contributed by atoms with Crippen molar-refractivity contribution in [2.45, 2.75) is 95.8 Å². The Balaban J connectivity index is 1.93. The summed E-state index contributed by atoms with van der Waals surface area (Å²) in [5.41, 5.74) is 0.698. The van der Waals surface area contributed by atoms with Gasteiger partial charge in [-0.1, -0.05) is 30.3 Å². The minimum absolute atomic E-state index is 0.0572. The van der Waals surface area contributed by atoms with Crippen molar-refractivity contribution >= 4 is 23.9 Å². The fourth-order valence-electron chi connectivity index (χ4n) is 4.47. The van der Waals surface area contributed by atoms with E-state index >= 15 is 8.78 Å². The third-order valence-corrected chi connectivity index (χ3v) is 6.25. The van der Waals surface area contributed by atoms with Crippen LogP contribution in [0.1, 0.15) is 33.3 Å². The molecule has 0 aliphatic carbocycles. The molecular formula is C27H34F2O13. The lowest BCUT2D eigenvalue weighted by Gasteiger charge is -2.46. The van der Waals surface area contributed by atoms with E-state index in [1.54, 1.807) is 30.3 Å². The Morgan fingerprint density at radius 2 is 1.26 bits per heavy atom. The maximum Gasteiger partial charge on any atom is 0.303 e. The number of rotatable bonds is 11. The molecule has 1 aromatic rings. The smallest absolute Gasteiger partial charge is 0.303 e. The SMILES string of the molecule is CC(=O)OC[C@H]1O[C@H](O[C@H]2[C@H](OC(C)=O)[C@@H](F)C(O)O[C@@H]2COC(C)=O)[C@H](F)[C@@H](OC(C)=O)[C@@H]1OCc1ccccc1. The second-order valence-corrected chi connectivity index (χ2v) is 9.61. The summed E-state index contributed by atoms with van der Waals surface area (Å²) in [6, 6.07) is 8.78. The van der Waals surface area contributed by atoms with Crippen LogP contribution in [0.5, 0.6) is 0 Å². The first-order chi connectivity index (χ1) is 19.9. The molecule has 1 aromatic carbocycles. The average Bonchev–Trinajstić information content (AvgIpc) is 2.92. The van der Waals surface area contributed by atoms with Gasteiger partial charge in [0.1, 0.15) is 37.6 Å². The Morgan fingerprint density at radius 3 is 1.79 bits per heavy atom. The van der Waals surface area contributed by atoms with Crippen LogP contribution in [-0.2, 0) is 63.7 Å². The molecule has 1 unspecified atom stereocenters. The van der Waals surface area contributed by atoms with Gasteiger partial charge in [-0.25, -0.2) is 8.78 Å². The van der Waals surface area contributed by atoms with E-state index < -0.39 is 98.6 Å². The zero-order valence-electron chi connectivity index (χ0n) is 23.4. The number of halogens is 2. The number of carbonyl (C=O) groups is 4. The Morgan fingerprint density at radius 1 is 0.738 bits per heavy atom. The van der Waals surface area contributed by atoms with Crippen LogP contribution in [0.2, 0.25) is 0 Å². The van der Waals surface area contributed by atoms with E-state index in [9.17, 15) is 24.3 Å². The molecule has 0 aromatic heterocycles. The first-order valence-electron chi connectivity index (χ1n) is 13.1. The lowest BCUT2D eigenvalue weighted by Crippen LogP contribution is -2.64. The number of hydrogen-bond donors (Lipinski definition) is 1. The highest BCUT2D eigenvalue weighted by atomic mass is 19.1. The van der Waals surface area contributed by atoms with Gasteiger partial charge >= 0.3 is 23.9 Å². The molecule has 42 heavy (non-hydrogen) atoms. The first-order valence-corrected chi connectivity index (χ1v) is 13.1. The summed E-state index contributed by atoms with van der Waals surface area (Å²) < 4.78 is 74.0. The van der Waals surface area contributed by atoms with Gasteiger partial charge in [0.05, 0.1) is 6.61 Å². The Labute approximate surface area is 240 Å². The molecule has 2 aliphatic heterocycles. The number of aliphatic hydroxyl groups excluding tert-OH is 1. The van der Waals surface area contributed by atoms with E-state index in [2.05, 4.69) is 0 Å². The Kier molecular flexibility index (Phi) is 12.1. The van der Waals surface area contributed by atoms with Crippen LogP contribution in [0.25, 0.3) is 0 Å².